The Morgan fingerprint density at radius 3 is 3.11 bits per heavy atom. The average Bonchev–Trinajstić information content (AvgIpc) is 2.45. The predicted molar refractivity (Wildman–Crippen MR) is 74.8 cm³/mol. The molecule has 19 heavy (non-hydrogen) atoms. The topological polar surface area (TPSA) is 64.4 Å². The summed E-state index contributed by atoms with van der Waals surface area (Å²) in [5, 5.41) is 3.41. The van der Waals surface area contributed by atoms with Gasteiger partial charge in [0.2, 0.25) is 5.91 Å². The van der Waals surface area contributed by atoms with E-state index in [9.17, 15) is 4.79 Å². The third-order valence-corrected chi connectivity index (χ3v) is 3.55. The van der Waals surface area contributed by atoms with Crippen molar-refractivity contribution in [3.8, 4) is 0 Å². The van der Waals surface area contributed by atoms with E-state index in [-0.39, 0.29) is 0 Å². The fraction of sp³-hybridized carbons (Fsp3) is 0.533. The monoisotopic (exact) mass is 262 g/mol. The molecular weight excluding hydrogens is 240 g/mol. The van der Waals surface area contributed by atoms with Gasteiger partial charge in [0.1, 0.15) is 0 Å². The Bertz CT molecular complexity index is 414. The third kappa shape index (κ3) is 4.65. The van der Waals surface area contributed by atoms with Gasteiger partial charge in [0.05, 0.1) is 6.61 Å². The minimum atomic E-state index is -0.393. The molecule has 0 saturated carbocycles. The van der Waals surface area contributed by atoms with Crippen molar-refractivity contribution in [3.05, 3.63) is 35.4 Å². The zero-order valence-electron chi connectivity index (χ0n) is 11.2. The summed E-state index contributed by atoms with van der Waals surface area (Å²) in [6.45, 7) is 3.58. The number of ether oxygens (including phenoxy) is 1. The molecule has 1 unspecified atom stereocenters. The number of primary amides is 1. The fourth-order valence-electron chi connectivity index (χ4n) is 2.42. The van der Waals surface area contributed by atoms with Crippen LogP contribution in [0.1, 0.15) is 35.2 Å². The number of benzene rings is 1. The molecule has 1 heterocycles. The zero-order chi connectivity index (χ0) is 13.5. The molecule has 1 aromatic carbocycles. The number of amides is 1. The Kier molecular flexibility index (Phi) is 5.36. The molecule has 0 radical (unpaired) electrons. The number of hydrogen-bond donors (Lipinski definition) is 2. The highest BCUT2D eigenvalue weighted by molar-refractivity contribution is 5.92. The van der Waals surface area contributed by atoms with E-state index in [0.29, 0.717) is 12.2 Å². The number of carbonyl (C=O) groups excluding carboxylic acids is 1. The SMILES string of the molecule is NC(=O)c1cccc(COCCC2CCCNC2)c1. The smallest absolute Gasteiger partial charge is 0.248 e. The summed E-state index contributed by atoms with van der Waals surface area (Å²) < 4.78 is 5.68. The van der Waals surface area contributed by atoms with E-state index >= 15 is 0 Å². The first kappa shape index (κ1) is 14.0. The van der Waals surface area contributed by atoms with Gasteiger partial charge in [-0.15, -0.1) is 0 Å². The summed E-state index contributed by atoms with van der Waals surface area (Å²) in [4.78, 5) is 11.1. The van der Waals surface area contributed by atoms with Crippen molar-refractivity contribution < 1.29 is 9.53 Å². The fourth-order valence-corrected chi connectivity index (χ4v) is 2.42. The minimum Gasteiger partial charge on any atom is -0.377 e. The summed E-state index contributed by atoms with van der Waals surface area (Å²) >= 11 is 0. The maximum Gasteiger partial charge on any atom is 0.248 e. The van der Waals surface area contributed by atoms with Crippen LogP contribution >= 0.6 is 0 Å². The molecular formula is C15H22N2O2. The first-order chi connectivity index (χ1) is 9.25. The highest BCUT2D eigenvalue weighted by Gasteiger charge is 2.12. The van der Waals surface area contributed by atoms with Gasteiger partial charge in [-0.1, -0.05) is 12.1 Å². The molecule has 4 nitrogen and oxygen atoms in total. The van der Waals surface area contributed by atoms with Gasteiger partial charge in [0, 0.05) is 12.2 Å². The molecule has 1 saturated heterocycles. The Hall–Kier alpha value is -1.39. The molecule has 0 aliphatic carbocycles. The van der Waals surface area contributed by atoms with Crippen LogP contribution in [0.3, 0.4) is 0 Å². The van der Waals surface area contributed by atoms with Crippen LogP contribution < -0.4 is 11.1 Å². The maximum atomic E-state index is 11.1. The number of nitrogens with one attached hydrogen (secondary N) is 1. The van der Waals surface area contributed by atoms with Crippen molar-refractivity contribution in [2.45, 2.75) is 25.9 Å². The van der Waals surface area contributed by atoms with Crippen LogP contribution in [0.25, 0.3) is 0 Å². The van der Waals surface area contributed by atoms with Crippen LogP contribution in [0.5, 0.6) is 0 Å². The van der Waals surface area contributed by atoms with Gasteiger partial charge < -0.3 is 15.8 Å². The molecule has 1 atom stereocenters. The standard InChI is InChI=1S/C15H22N2O2/c16-15(18)14-5-1-3-13(9-14)11-19-8-6-12-4-2-7-17-10-12/h1,3,5,9,12,17H,2,4,6-8,10-11H2,(H2,16,18). The molecule has 3 N–H and O–H groups in total. The van der Waals surface area contributed by atoms with Crippen molar-refractivity contribution >= 4 is 5.91 Å². The lowest BCUT2D eigenvalue weighted by molar-refractivity contribution is 0.0995. The summed E-state index contributed by atoms with van der Waals surface area (Å²) in [6, 6.07) is 7.31. The van der Waals surface area contributed by atoms with Crippen LogP contribution in [0, 0.1) is 5.92 Å². The van der Waals surface area contributed by atoms with Gasteiger partial charge in [-0.3, -0.25) is 4.79 Å². The van der Waals surface area contributed by atoms with Crippen molar-refractivity contribution in [1.82, 2.24) is 5.32 Å². The molecule has 0 aromatic heterocycles. The van der Waals surface area contributed by atoms with Gasteiger partial charge in [0.25, 0.3) is 0 Å². The van der Waals surface area contributed by atoms with Crippen molar-refractivity contribution in [1.29, 1.82) is 0 Å². The first-order valence-electron chi connectivity index (χ1n) is 6.93. The molecule has 0 spiro atoms. The lowest BCUT2D eigenvalue weighted by atomic mass is 9.97. The van der Waals surface area contributed by atoms with E-state index in [1.807, 2.05) is 12.1 Å². The lowest BCUT2D eigenvalue weighted by Gasteiger charge is -2.22. The number of carbonyl (C=O) groups is 1. The highest BCUT2D eigenvalue weighted by atomic mass is 16.5. The van der Waals surface area contributed by atoms with Gasteiger partial charge >= 0.3 is 0 Å². The maximum absolute atomic E-state index is 11.1. The normalized spacial score (nSPS) is 19.3. The Morgan fingerprint density at radius 1 is 1.47 bits per heavy atom. The molecule has 1 amide bonds. The third-order valence-electron chi connectivity index (χ3n) is 3.55. The molecule has 1 aromatic rings. The summed E-state index contributed by atoms with van der Waals surface area (Å²) in [5.41, 5.74) is 6.79. The van der Waals surface area contributed by atoms with Crippen LogP contribution in [0.2, 0.25) is 0 Å². The van der Waals surface area contributed by atoms with Gasteiger partial charge in [-0.2, -0.15) is 0 Å². The van der Waals surface area contributed by atoms with Gasteiger partial charge in [-0.05, 0) is 56.0 Å². The quantitative estimate of drug-likeness (QED) is 0.767. The van der Waals surface area contributed by atoms with Gasteiger partial charge in [0.15, 0.2) is 0 Å². The Labute approximate surface area is 114 Å². The second-order valence-corrected chi connectivity index (χ2v) is 5.12. The molecule has 1 fully saturated rings. The number of piperidine rings is 1. The van der Waals surface area contributed by atoms with E-state index < -0.39 is 5.91 Å². The first-order valence-corrected chi connectivity index (χ1v) is 6.93. The number of rotatable bonds is 6. The van der Waals surface area contributed by atoms with Gasteiger partial charge in [-0.25, -0.2) is 0 Å². The lowest BCUT2D eigenvalue weighted by Crippen LogP contribution is -2.30. The highest BCUT2D eigenvalue weighted by Crippen LogP contribution is 2.14. The van der Waals surface area contributed by atoms with Crippen LogP contribution in [-0.4, -0.2) is 25.6 Å². The molecule has 4 heteroatoms. The van der Waals surface area contributed by atoms with E-state index in [1.54, 1.807) is 12.1 Å². The summed E-state index contributed by atoms with van der Waals surface area (Å²) in [5.74, 6) is 0.348. The van der Waals surface area contributed by atoms with Crippen LogP contribution in [0.4, 0.5) is 0 Å². The van der Waals surface area contributed by atoms with Crippen LogP contribution in [0.15, 0.2) is 24.3 Å². The zero-order valence-corrected chi connectivity index (χ0v) is 11.2. The predicted octanol–water partition coefficient (Wildman–Crippen LogP) is 1.69. The summed E-state index contributed by atoms with van der Waals surface area (Å²) in [6.07, 6.45) is 3.67. The Balaban J connectivity index is 1.70. The minimum absolute atomic E-state index is 0.393. The number of nitrogens with two attached hydrogens (primary N) is 1. The second kappa shape index (κ2) is 7.26. The van der Waals surface area contributed by atoms with E-state index in [0.717, 1.165) is 37.6 Å². The van der Waals surface area contributed by atoms with Crippen LogP contribution in [-0.2, 0) is 11.3 Å². The van der Waals surface area contributed by atoms with Crippen molar-refractivity contribution in [2.75, 3.05) is 19.7 Å². The van der Waals surface area contributed by atoms with Crippen molar-refractivity contribution in [2.24, 2.45) is 11.7 Å². The molecule has 104 valence electrons. The Morgan fingerprint density at radius 2 is 2.37 bits per heavy atom. The van der Waals surface area contributed by atoms with E-state index in [1.165, 1.54) is 12.8 Å². The molecule has 0 bridgehead atoms. The molecule has 1 aliphatic rings. The van der Waals surface area contributed by atoms with Crippen molar-refractivity contribution in [3.63, 3.8) is 0 Å². The largest absolute Gasteiger partial charge is 0.377 e. The van der Waals surface area contributed by atoms with E-state index in [2.05, 4.69) is 5.32 Å². The average molecular weight is 262 g/mol. The second-order valence-electron chi connectivity index (χ2n) is 5.12. The number of hydrogen-bond acceptors (Lipinski definition) is 3. The van der Waals surface area contributed by atoms with E-state index in [4.69, 9.17) is 10.5 Å². The summed E-state index contributed by atoms with van der Waals surface area (Å²) in [7, 11) is 0. The molecule has 2 rings (SSSR count). The molecule has 1 aliphatic heterocycles.